The molecule has 3 rings (SSSR count). The zero-order chi connectivity index (χ0) is 18.0. The molecule has 0 radical (unpaired) electrons. The van der Waals surface area contributed by atoms with E-state index in [-0.39, 0.29) is 12.6 Å². The zero-order valence-electron chi connectivity index (χ0n) is 14.1. The molecule has 3 aromatic rings. The first-order chi connectivity index (χ1) is 12.0. The number of rotatable bonds is 5. The third-order valence-corrected chi connectivity index (χ3v) is 3.70. The standard InChI is InChI=1S/C17H18N4O4/c1-10(2)21-16-12(8-19-21)11(17(23)18-9-15(22)24-3)7-13(20-16)14-5-4-6-25-14/h4-8,10H,9H2,1-3H3,(H,18,23). The van der Waals surface area contributed by atoms with Crippen molar-refractivity contribution in [2.75, 3.05) is 13.7 Å². The number of carbonyl (C=O) groups is 2. The first kappa shape index (κ1) is 16.7. The zero-order valence-corrected chi connectivity index (χ0v) is 14.1. The molecule has 3 aromatic heterocycles. The normalized spacial score (nSPS) is 11.0. The molecular weight excluding hydrogens is 324 g/mol. The Hall–Kier alpha value is -3.16. The van der Waals surface area contributed by atoms with E-state index in [0.29, 0.717) is 28.1 Å². The molecule has 0 atom stereocenters. The molecular formula is C17H18N4O4. The first-order valence-corrected chi connectivity index (χ1v) is 7.78. The molecule has 0 aliphatic rings. The Morgan fingerprint density at radius 3 is 2.84 bits per heavy atom. The lowest BCUT2D eigenvalue weighted by molar-refractivity contribution is -0.139. The minimum absolute atomic E-state index is 0.0721. The van der Waals surface area contributed by atoms with Gasteiger partial charge in [-0.25, -0.2) is 9.67 Å². The lowest BCUT2D eigenvalue weighted by Gasteiger charge is -2.10. The van der Waals surface area contributed by atoms with Crippen molar-refractivity contribution in [3.63, 3.8) is 0 Å². The number of nitrogens with zero attached hydrogens (tertiary/aromatic N) is 3. The van der Waals surface area contributed by atoms with Gasteiger partial charge in [0.15, 0.2) is 11.4 Å². The van der Waals surface area contributed by atoms with Crippen LogP contribution in [0, 0.1) is 0 Å². The summed E-state index contributed by atoms with van der Waals surface area (Å²) in [6, 6.07) is 5.21. The number of carbonyl (C=O) groups excluding carboxylic acids is 2. The molecule has 1 amide bonds. The predicted octanol–water partition coefficient (Wildman–Crippen LogP) is 2.17. The highest BCUT2D eigenvalue weighted by atomic mass is 16.5. The summed E-state index contributed by atoms with van der Waals surface area (Å²) in [7, 11) is 1.26. The minimum Gasteiger partial charge on any atom is -0.468 e. The molecule has 0 unspecified atom stereocenters. The van der Waals surface area contributed by atoms with E-state index >= 15 is 0 Å². The van der Waals surface area contributed by atoms with Gasteiger partial charge in [0.25, 0.3) is 5.91 Å². The molecule has 0 saturated carbocycles. The van der Waals surface area contributed by atoms with Crippen LogP contribution in [-0.2, 0) is 9.53 Å². The van der Waals surface area contributed by atoms with Gasteiger partial charge in [-0.15, -0.1) is 0 Å². The van der Waals surface area contributed by atoms with E-state index in [1.807, 2.05) is 13.8 Å². The highest BCUT2D eigenvalue weighted by Gasteiger charge is 2.19. The molecule has 0 bridgehead atoms. The first-order valence-electron chi connectivity index (χ1n) is 7.78. The molecule has 8 nitrogen and oxygen atoms in total. The van der Waals surface area contributed by atoms with Gasteiger partial charge in [0.2, 0.25) is 0 Å². The summed E-state index contributed by atoms with van der Waals surface area (Å²) in [5, 5.41) is 7.47. The van der Waals surface area contributed by atoms with Crippen LogP contribution in [0.2, 0.25) is 0 Å². The number of amides is 1. The molecule has 0 saturated heterocycles. The van der Waals surface area contributed by atoms with E-state index < -0.39 is 11.9 Å². The van der Waals surface area contributed by atoms with Crippen LogP contribution in [0.4, 0.5) is 0 Å². The van der Waals surface area contributed by atoms with Crippen LogP contribution in [0.15, 0.2) is 35.1 Å². The van der Waals surface area contributed by atoms with Crippen LogP contribution in [0.3, 0.4) is 0 Å². The summed E-state index contributed by atoms with van der Waals surface area (Å²) in [6.07, 6.45) is 3.14. The molecule has 25 heavy (non-hydrogen) atoms. The van der Waals surface area contributed by atoms with Gasteiger partial charge in [-0.1, -0.05) is 0 Å². The number of hydrogen-bond acceptors (Lipinski definition) is 6. The van der Waals surface area contributed by atoms with Crippen LogP contribution in [-0.4, -0.2) is 40.3 Å². The van der Waals surface area contributed by atoms with Crippen molar-refractivity contribution in [1.29, 1.82) is 0 Å². The fourth-order valence-corrected chi connectivity index (χ4v) is 2.45. The summed E-state index contributed by atoms with van der Waals surface area (Å²) < 4.78 is 11.7. The monoisotopic (exact) mass is 342 g/mol. The van der Waals surface area contributed by atoms with E-state index in [1.54, 1.807) is 29.1 Å². The molecule has 3 heterocycles. The Morgan fingerprint density at radius 2 is 2.20 bits per heavy atom. The lowest BCUT2D eigenvalue weighted by atomic mass is 10.1. The lowest BCUT2D eigenvalue weighted by Crippen LogP contribution is -2.30. The largest absolute Gasteiger partial charge is 0.468 e. The van der Waals surface area contributed by atoms with Gasteiger partial charge in [-0.2, -0.15) is 5.10 Å². The molecule has 1 N–H and O–H groups in total. The summed E-state index contributed by atoms with van der Waals surface area (Å²) >= 11 is 0. The molecule has 0 fully saturated rings. The van der Waals surface area contributed by atoms with E-state index in [1.165, 1.54) is 13.4 Å². The SMILES string of the molecule is COC(=O)CNC(=O)c1cc(-c2ccco2)nc2c1cnn2C(C)C. The van der Waals surface area contributed by atoms with Gasteiger partial charge in [0.05, 0.1) is 30.5 Å². The van der Waals surface area contributed by atoms with Gasteiger partial charge in [0, 0.05) is 6.04 Å². The van der Waals surface area contributed by atoms with Crippen molar-refractivity contribution in [3.8, 4) is 11.5 Å². The number of nitrogens with one attached hydrogen (secondary N) is 1. The van der Waals surface area contributed by atoms with Gasteiger partial charge in [-0.05, 0) is 32.0 Å². The van der Waals surface area contributed by atoms with Crippen molar-refractivity contribution in [2.24, 2.45) is 0 Å². The van der Waals surface area contributed by atoms with Gasteiger partial charge in [-0.3, -0.25) is 9.59 Å². The van der Waals surface area contributed by atoms with Crippen LogP contribution in [0.25, 0.3) is 22.5 Å². The number of aromatic nitrogens is 3. The average Bonchev–Trinajstić information content (AvgIpc) is 3.27. The second kappa shape index (κ2) is 6.76. The number of pyridine rings is 1. The van der Waals surface area contributed by atoms with E-state index in [9.17, 15) is 9.59 Å². The summed E-state index contributed by atoms with van der Waals surface area (Å²) in [6.45, 7) is 3.74. The molecule has 0 spiro atoms. The molecule has 0 aromatic carbocycles. The molecule has 130 valence electrons. The Kier molecular flexibility index (Phi) is 4.51. The minimum atomic E-state index is -0.525. The predicted molar refractivity (Wildman–Crippen MR) is 90.0 cm³/mol. The van der Waals surface area contributed by atoms with Gasteiger partial charge >= 0.3 is 5.97 Å². The highest BCUT2D eigenvalue weighted by Crippen LogP contribution is 2.26. The quantitative estimate of drug-likeness (QED) is 0.714. The second-order valence-electron chi connectivity index (χ2n) is 5.71. The van der Waals surface area contributed by atoms with Crippen molar-refractivity contribution >= 4 is 22.9 Å². The van der Waals surface area contributed by atoms with Crippen LogP contribution in [0.5, 0.6) is 0 Å². The van der Waals surface area contributed by atoms with E-state index in [0.717, 1.165) is 0 Å². The Labute approximate surface area is 143 Å². The van der Waals surface area contributed by atoms with E-state index in [2.05, 4.69) is 20.1 Å². The maximum absolute atomic E-state index is 12.6. The van der Waals surface area contributed by atoms with E-state index in [4.69, 9.17) is 4.42 Å². The summed E-state index contributed by atoms with van der Waals surface area (Å²) in [4.78, 5) is 28.4. The van der Waals surface area contributed by atoms with Crippen molar-refractivity contribution in [1.82, 2.24) is 20.1 Å². The van der Waals surface area contributed by atoms with Crippen molar-refractivity contribution < 1.29 is 18.7 Å². The Balaban J connectivity index is 2.09. The van der Waals surface area contributed by atoms with Crippen LogP contribution >= 0.6 is 0 Å². The summed E-state index contributed by atoms with van der Waals surface area (Å²) in [5.74, 6) is -0.392. The number of fused-ring (bicyclic) bond motifs is 1. The van der Waals surface area contributed by atoms with Crippen molar-refractivity contribution in [3.05, 3.63) is 36.2 Å². The molecule has 0 aliphatic carbocycles. The van der Waals surface area contributed by atoms with Crippen LogP contribution < -0.4 is 5.32 Å². The van der Waals surface area contributed by atoms with Gasteiger partial charge in [0.1, 0.15) is 12.2 Å². The number of hydrogen-bond donors (Lipinski definition) is 1. The number of furan rings is 1. The topological polar surface area (TPSA) is 99.2 Å². The third kappa shape index (κ3) is 3.23. The second-order valence-corrected chi connectivity index (χ2v) is 5.71. The third-order valence-electron chi connectivity index (χ3n) is 3.70. The highest BCUT2D eigenvalue weighted by molar-refractivity contribution is 6.07. The fraction of sp³-hybridized carbons (Fsp3) is 0.294. The van der Waals surface area contributed by atoms with Crippen LogP contribution in [0.1, 0.15) is 30.2 Å². The fourth-order valence-electron chi connectivity index (χ4n) is 2.45. The maximum atomic E-state index is 12.6. The number of esters is 1. The smallest absolute Gasteiger partial charge is 0.325 e. The maximum Gasteiger partial charge on any atom is 0.325 e. The molecule has 0 aliphatic heterocycles. The number of ether oxygens (including phenoxy) is 1. The summed E-state index contributed by atoms with van der Waals surface area (Å²) in [5.41, 5.74) is 1.46. The van der Waals surface area contributed by atoms with Crippen molar-refractivity contribution in [2.45, 2.75) is 19.9 Å². The van der Waals surface area contributed by atoms with Gasteiger partial charge < -0.3 is 14.5 Å². The average molecular weight is 342 g/mol. The molecule has 8 heteroatoms. The Bertz CT molecular complexity index is 912. The Morgan fingerprint density at radius 1 is 1.40 bits per heavy atom. The number of methoxy groups -OCH3 is 1.